The molecule has 1 saturated carbocycles. The molecular weight excluding hydrogens is 294 g/mol. The largest absolute Gasteiger partial charge is 0.443 e. The van der Waals surface area contributed by atoms with Crippen LogP contribution in [-0.4, -0.2) is 24.3 Å². The predicted molar refractivity (Wildman–Crippen MR) is 82.3 cm³/mol. The summed E-state index contributed by atoms with van der Waals surface area (Å²) in [6.45, 7) is 0.323. The van der Waals surface area contributed by atoms with Crippen molar-refractivity contribution in [3.05, 3.63) is 40.2 Å². The van der Waals surface area contributed by atoms with Gasteiger partial charge in [-0.05, 0) is 32.1 Å². The van der Waals surface area contributed by atoms with E-state index in [4.69, 9.17) is 4.42 Å². The number of aromatic nitrogens is 5. The van der Waals surface area contributed by atoms with Gasteiger partial charge in [0.05, 0.1) is 17.9 Å². The Morgan fingerprint density at radius 3 is 2.96 bits per heavy atom. The molecule has 0 aromatic carbocycles. The molecule has 1 fully saturated rings. The maximum absolute atomic E-state index is 12.6. The molecule has 0 bridgehead atoms. The molecule has 0 aliphatic heterocycles. The minimum Gasteiger partial charge on any atom is -0.443 e. The first kappa shape index (κ1) is 13.0. The van der Waals surface area contributed by atoms with Gasteiger partial charge < -0.3 is 4.42 Å². The summed E-state index contributed by atoms with van der Waals surface area (Å²) >= 11 is 0. The van der Waals surface area contributed by atoms with Crippen molar-refractivity contribution in [3.63, 3.8) is 0 Å². The number of aryl methyl sites for hydroxylation is 2. The number of fused-ring (bicyclic) bond motifs is 2. The van der Waals surface area contributed by atoms with Gasteiger partial charge in [0.2, 0.25) is 5.89 Å². The molecule has 5 rings (SSSR count). The summed E-state index contributed by atoms with van der Waals surface area (Å²) < 4.78 is 9.23. The van der Waals surface area contributed by atoms with E-state index in [2.05, 4.69) is 15.1 Å². The summed E-state index contributed by atoms with van der Waals surface area (Å²) in [6, 6.07) is 0.411. The zero-order valence-corrected chi connectivity index (χ0v) is 12.7. The molecule has 0 radical (unpaired) electrons. The van der Waals surface area contributed by atoms with Crippen LogP contribution < -0.4 is 5.56 Å². The van der Waals surface area contributed by atoms with E-state index in [0.717, 1.165) is 50.0 Å². The highest BCUT2D eigenvalue weighted by molar-refractivity contribution is 5.73. The summed E-state index contributed by atoms with van der Waals surface area (Å²) in [7, 11) is 0. The average Bonchev–Trinajstić information content (AvgIpc) is 3.17. The Labute approximate surface area is 132 Å². The van der Waals surface area contributed by atoms with Gasteiger partial charge in [0.15, 0.2) is 5.65 Å². The van der Waals surface area contributed by atoms with Crippen LogP contribution >= 0.6 is 0 Å². The number of oxazole rings is 1. The maximum Gasteiger partial charge on any atom is 0.264 e. The van der Waals surface area contributed by atoms with Crippen molar-refractivity contribution in [2.45, 2.75) is 51.1 Å². The van der Waals surface area contributed by atoms with Crippen molar-refractivity contribution in [1.29, 1.82) is 0 Å². The highest BCUT2D eigenvalue weighted by atomic mass is 16.4. The predicted octanol–water partition coefficient (Wildman–Crippen LogP) is 1.84. The molecule has 7 heteroatoms. The van der Waals surface area contributed by atoms with Crippen LogP contribution in [0.1, 0.15) is 49.1 Å². The van der Waals surface area contributed by atoms with Gasteiger partial charge in [-0.3, -0.25) is 9.36 Å². The number of hydrogen-bond acceptors (Lipinski definition) is 5. The highest BCUT2D eigenvalue weighted by Gasteiger charge is 2.27. The Balaban J connectivity index is 1.51. The Morgan fingerprint density at radius 1 is 1.26 bits per heavy atom. The van der Waals surface area contributed by atoms with Crippen LogP contribution in [0.25, 0.3) is 11.0 Å². The van der Waals surface area contributed by atoms with Gasteiger partial charge in [0, 0.05) is 6.42 Å². The standard InChI is InChI=1S/C16H17N5O2/c22-16-11-7-18-21(10-5-6-10)15(11)17-9-20(16)8-14-19-12-3-1-2-4-13(12)23-14/h7,9-10H,1-6,8H2. The van der Waals surface area contributed by atoms with E-state index in [1.54, 1.807) is 17.1 Å². The summed E-state index contributed by atoms with van der Waals surface area (Å²) in [4.78, 5) is 21.6. The van der Waals surface area contributed by atoms with Gasteiger partial charge >= 0.3 is 0 Å². The van der Waals surface area contributed by atoms with Crippen LogP contribution in [0.2, 0.25) is 0 Å². The fraction of sp³-hybridized carbons (Fsp3) is 0.500. The summed E-state index contributed by atoms with van der Waals surface area (Å²) in [6.07, 6.45) is 9.66. The lowest BCUT2D eigenvalue weighted by Crippen LogP contribution is -2.21. The molecule has 2 aliphatic carbocycles. The Morgan fingerprint density at radius 2 is 2.13 bits per heavy atom. The van der Waals surface area contributed by atoms with E-state index in [1.165, 1.54) is 0 Å². The fourth-order valence-electron chi connectivity index (χ4n) is 3.28. The second kappa shape index (κ2) is 4.78. The van der Waals surface area contributed by atoms with Crippen molar-refractivity contribution < 1.29 is 4.42 Å². The zero-order valence-electron chi connectivity index (χ0n) is 12.7. The monoisotopic (exact) mass is 311 g/mol. The van der Waals surface area contributed by atoms with Crippen LogP contribution in [0.5, 0.6) is 0 Å². The second-order valence-electron chi connectivity index (χ2n) is 6.42. The molecule has 0 unspecified atom stereocenters. The van der Waals surface area contributed by atoms with Gasteiger partial charge in [-0.15, -0.1) is 0 Å². The van der Waals surface area contributed by atoms with Crippen molar-refractivity contribution in [1.82, 2.24) is 24.3 Å². The van der Waals surface area contributed by atoms with Gasteiger partial charge in [-0.1, -0.05) is 0 Å². The Hall–Kier alpha value is -2.44. The van der Waals surface area contributed by atoms with Crippen molar-refractivity contribution in [2.75, 3.05) is 0 Å². The average molecular weight is 311 g/mol. The van der Waals surface area contributed by atoms with Gasteiger partial charge in [-0.25, -0.2) is 14.6 Å². The van der Waals surface area contributed by atoms with Crippen LogP contribution in [0.3, 0.4) is 0 Å². The van der Waals surface area contributed by atoms with E-state index in [0.29, 0.717) is 29.5 Å². The SMILES string of the molecule is O=c1c2cnn(C3CC3)c2ncn1Cc1nc2c(o1)CCCC2. The molecule has 7 nitrogen and oxygen atoms in total. The lowest BCUT2D eigenvalue weighted by atomic mass is 10.0. The van der Waals surface area contributed by atoms with Crippen LogP contribution in [0, 0.1) is 0 Å². The molecule has 118 valence electrons. The van der Waals surface area contributed by atoms with E-state index in [9.17, 15) is 4.79 Å². The molecule has 3 heterocycles. The number of rotatable bonds is 3. The molecule has 2 aliphatic rings. The lowest BCUT2D eigenvalue weighted by Gasteiger charge is -2.05. The first-order chi connectivity index (χ1) is 11.3. The quantitative estimate of drug-likeness (QED) is 0.737. The molecule has 0 atom stereocenters. The number of nitrogens with zero attached hydrogens (tertiary/aromatic N) is 5. The van der Waals surface area contributed by atoms with Crippen LogP contribution in [0.15, 0.2) is 21.7 Å². The maximum atomic E-state index is 12.6. The van der Waals surface area contributed by atoms with Crippen molar-refractivity contribution in [2.24, 2.45) is 0 Å². The summed E-state index contributed by atoms with van der Waals surface area (Å²) in [5.41, 5.74) is 1.65. The van der Waals surface area contributed by atoms with Crippen LogP contribution in [-0.2, 0) is 19.4 Å². The van der Waals surface area contributed by atoms with E-state index < -0.39 is 0 Å². The Bertz CT molecular complexity index is 924. The van der Waals surface area contributed by atoms with Gasteiger partial charge in [0.25, 0.3) is 5.56 Å². The van der Waals surface area contributed by atoms with Crippen molar-refractivity contribution in [3.8, 4) is 0 Å². The van der Waals surface area contributed by atoms with Crippen molar-refractivity contribution >= 4 is 11.0 Å². The highest BCUT2D eigenvalue weighted by Crippen LogP contribution is 2.35. The van der Waals surface area contributed by atoms with Gasteiger partial charge in [0.1, 0.15) is 24.0 Å². The van der Waals surface area contributed by atoms with E-state index in [1.807, 2.05) is 4.68 Å². The van der Waals surface area contributed by atoms with Gasteiger partial charge in [-0.2, -0.15) is 5.10 Å². The molecule has 3 aromatic heterocycles. The second-order valence-corrected chi connectivity index (χ2v) is 6.42. The summed E-state index contributed by atoms with van der Waals surface area (Å²) in [5.74, 6) is 1.57. The molecule has 0 spiro atoms. The molecule has 0 amide bonds. The fourth-order valence-corrected chi connectivity index (χ4v) is 3.28. The Kier molecular flexibility index (Phi) is 2.71. The van der Waals surface area contributed by atoms with E-state index >= 15 is 0 Å². The third-order valence-electron chi connectivity index (χ3n) is 4.67. The topological polar surface area (TPSA) is 78.7 Å². The normalized spacial score (nSPS) is 17.6. The first-order valence-corrected chi connectivity index (χ1v) is 8.20. The molecule has 3 aromatic rings. The number of hydrogen-bond donors (Lipinski definition) is 0. The molecule has 0 N–H and O–H groups in total. The van der Waals surface area contributed by atoms with E-state index in [-0.39, 0.29) is 5.56 Å². The third kappa shape index (κ3) is 2.10. The van der Waals surface area contributed by atoms with Crippen LogP contribution in [0.4, 0.5) is 0 Å². The minimum atomic E-state index is -0.0851. The smallest absolute Gasteiger partial charge is 0.264 e. The summed E-state index contributed by atoms with van der Waals surface area (Å²) in [5, 5.41) is 4.89. The molecule has 0 saturated heterocycles. The molecule has 23 heavy (non-hydrogen) atoms. The minimum absolute atomic E-state index is 0.0851. The first-order valence-electron chi connectivity index (χ1n) is 8.20. The lowest BCUT2D eigenvalue weighted by molar-refractivity contribution is 0.427. The third-order valence-corrected chi connectivity index (χ3v) is 4.67. The zero-order chi connectivity index (χ0) is 15.4. The molecular formula is C16H17N5O2.